The number of esters is 2. The fourth-order valence-corrected chi connectivity index (χ4v) is 0.630. The predicted molar refractivity (Wildman–Crippen MR) is 44.2 cm³/mol. The van der Waals surface area contributed by atoms with Crippen molar-refractivity contribution in [3.63, 3.8) is 0 Å². The van der Waals surface area contributed by atoms with E-state index in [4.69, 9.17) is 5.73 Å². The van der Waals surface area contributed by atoms with Gasteiger partial charge < -0.3 is 10.5 Å². The Balaban J connectivity index is 3.77. The Morgan fingerprint density at radius 2 is 1.92 bits per heavy atom. The highest BCUT2D eigenvalue weighted by molar-refractivity contribution is 5.84. The van der Waals surface area contributed by atoms with E-state index >= 15 is 0 Å². The molecule has 0 amide bonds. The fourth-order valence-electron chi connectivity index (χ4n) is 0.630. The van der Waals surface area contributed by atoms with Crippen LogP contribution < -0.4 is 5.73 Å². The van der Waals surface area contributed by atoms with Gasteiger partial charge in [0, 0.05) is 13.0 Å². The van der Waals surface area contributed by atoms with E-state index in [1.165, 1.54) is 6.92 Å². The smallest absolute Gasteiger partial charge is 0.315 e. The first-order valence-electron chi connectivity index (χ1n) is 3.90. The summed E-state index contributed by atoms with van der Waals surface area (Å²) in [6, 6.07) is -0.239. The molecule has 0 aromatic carbocycles. The summed E-state index contributed by atoms with van der Waals surface area (Å²) in [4.78, 5) is 21.2. The molecular formula is C8H15NO3. The van der Waals surface area contributed by atoms with Crippen molar-refractivity contribution in [1.82, 2.24) is 0 Å². The Kier molecular flexibility index (Phi) is 4.51. The zero-order chi connectivity index (χ0) is 9.72. The van der Waals surface area contributed by atoms with Crippen molar-refractivity contribution in [2.45, 2.75) is 33.2 Å². The van der Waals surface area contributed by atoms with E-state index in [2.05, 4.69) is 4.74 Å². The van der Waals surface area contributed by atoms with Crippen molar-refractivity contribution < 1.29 is 14.3 Å². The van der Waals surface area contributed by atoms with Gasteiger partial charge in [-0.15, -0.1) is 0 Å². The maximum Gasteiger partial charge on any atom is 0.315 e. The Labute approximate surface area is 72.1 Å². The van der Waals surface area contributed by atoms with Crippen LogP contribution in [-0.2, 0) is 14.3 Å². The Hall–Kier alpha value is -0.900. The lowest BCUT2D eigenvalue weighted by atomic mass is 10.0. The molecule has 0 unspecified atom stereocenters. The average Bonchev–Trinajstić information content (AvgIpc) is 1.84. The molecular weight excluding hydrogens is 158 g/mol. The molecule has 0 bridgehead atoms. The number of ether oxygens (including phenoxy) is 1. The lowest BCUT2D eigenvalue weighted by Crippen LogP contribution is -2.30. The molecule has 0 aliphatic rings. The number of hydrogen-bond donors (Lipinski definition) is 1. The molecule has 0 aromatic rings. The van der Waals surface area contributed by atoms with Gasteiger partial charge in [0.25, 0.3) is 0 Å². The molecule has 0 aromatic heterocycles. The molecule has 0 aliphatic carbocycles. The molecule has 70 valence electrons. The maximum absolute atomic E-state index is 10.8. The Morgan fingerprint density at radius 1 is 1.42 bits per heavy atom. The van der Waals surface area contributed by atoms with E-state index in [0.29, 0.717) is 0 Å². The predicted octanol–water partition coefficient (Wildman–Crippen LogP) is 0.449. The first-order chi connectivity index (χ1) is 5.43. The number of rotatable bonds is 3. The second kappa shape index (κ2) is 4.87. The Morgan fingerprint density at radius 3 is 2.25 bits per heavy atom. The Bertz CT molecular complexity index is 177. The zero-order valence-electron chi connectivity index (χ0n) is 7.66. The van der Waals surface area contributed by atoms with Crippen molar-refractivity contribution in [2.24, 2.45) is 11.7 Å². The van der Waals surface area contributed by atoms with Gasteiger partial charge >= 0.3 is 11.9 Å². The van der Waals surface area contributed by atoms with Gasteiger partial charge in [-0.2, -0.15) is 0 Å². The van der Waals surface area contributed by atoms with Gasteiger partial charge in [0.2, 0.25) is 0 Å². The highest BCUT2D eigenvalue weighted by atomic mass is 16.6. The summed E-state index contributed by atoms with van der Waals surface area (Å²) in [6.07, 6.45) is 0.0945. The lowest BCUT2D eigenvalue weighted by molar-refractivity contribution is -0.158. The van der Waals surface area contributed by atoms with Crippen LogP contribution in [0.5, 0.6) is 0 Å². The normalized spacial score (nSPS) is 12.8. The topological polar surface area (TPSA) is 69.4 Å². The third-order valence-electron chi connectivity index (χ3n) is 1.52. The first kappa shape index (κ1) is 11.1. The molecule has 12 heavy (non-hydrogen) atoms. The minimum atomic E-state index is -0.587. The minimum absolute atomic E-state index is 0.0945. The summed E-state index contributed by atoms with van der Waals surface area (Å²) in [7, 11) is 0. The summed E-state index contributed by atoms with van der Waals surface area (Å²) in [5.41, 5.74) is 5.58. The molecule has 0 aliphatic heterocycles. The SMILES string of the molecule is CC(=O)OC(=O)C[C@H](N)C(C)C. The molecule has 2 N–H and O–H groups in total. The van der Waals surface area contributed by atoms with Crippen LogP contribution in [0.4, 0.5) is 0 Å². The highest BCUT2D eigenvalue weighted by Crippen LogP contribution is 2.03. The van der Waals surface area contributed by atoms with Crippen molar-refractivity contribution in [3.8, 4) is 0 Å². The zero-order valence-corrected chi connectivity index (χ0v) is 7.66. The van der Waals surface area contributed by atoms with Crippen LogP contribution in [0.25, 0.3) is 0 Å². The molecule has 0 spiro atoms. The van der Waals surface area contributed by atoms with Gasteiger partial charge in [0.05, 0.1) is 6.42 Å². The van der Waals surface area contributed by atoms with Gasteiger partial charge in [-0.1, -0.05) is 13.8 Å². The lowest BCUT2D eigenvalue weighted by Gasteiger charge is -2.13. The summed E-state index contributed by atoms with van der Waals surface area (Å²) < 4.78 is 4.31. The molecule has 0 fully saturated rings. The van der Waals surface area contributed by atoms with Gasteiger partial charge in [0.15, 0.2) is 0 Å². The second-order valence-electron chi connectivity index (χ2n) is 3.08. The monoisotopic (exact) mass is 173 g/mol. The van der Waals surface area contributed by atoms with Gasteiger partial charge in [-0.25, -0.2) is 0 Å². The van der Waals surface area contributed by atoms with Crippen molar-refractivity contribution in [3.05, 3.63) is 0 Å². The molecule has 0 heterocycles. The summed E-state index contributed by atoms with van der Waals surface area (Å²) in [5, 5.41) is 0. The van der Waals surface area contributed by atoms with E-state index in [-0.39, 0.29) is 18.4 Å². The summed E-state index contributed by atoms with van der Waals surface area (Å²) in [5.74, 6) is -0.927. The molecule has 0 rings (SSSR count). The molecule has 1 atom stereocenters. The van der Waals surface area contributed by atoms with Crippen molar-refractivity contribution in [1.29, 1.82) is 0 Å². The summed E-state index contributed by atoms with van der Waals surface area (Å²) in [6.45, 7) is 5.01. The third-order valence-corrected chi connectivity index (χ3v) is 1.52. The number of carbonyl (C=O) groups excluding carboxylic acids is 2. The number of carbonyl (C=O) groups is 2. The molecule has 0 saturated carbocycles. The maximum atomic E-state index is 10.8. The number of hydrogen-bond acceptors (Lipinski definition) is 4. The fraction of sp³-hybridized carbons (Fsp3) is 0.750. The number of nitrogens with two attached hydrogens (primary N) is 1. The second-order valence-corrected chi connectivity index (χ2v) is 3.08. The van der Waals surface area contributed by atoms with Gasteiger partial charge in [0.1, 0.15) is 0 Å². The van der Waals surface area contributed by atoms with Crippen molar-refractivity contribution >= 4 is 11.9 Å². The first-order valence-corrected chi connectivity index (χ1v) is 3.90. The summed E-state index contributed by atoms with van der Waals surface area (Å²) >= 11 is 0. The van der Waals surface area contributed by atoms with E-state index < -0.39 is 11.9 Å². The van der Waals surface area contributed by atoms with Crippen LogP contribution in [0, 0.1) is 5.92 Å². The van der Waals surface area contributed by atoms with E-state index in [0.717, 1.165) is 0 Å². The third kappa shape index (κ3) is 4.85. The highest BCUT2D eigenvalue weighted by Gasteiger charge is 2.14. The minimum Gasteiger partial charge on any atom is -0.393 e. The van der Waals surface area contributed by atoms with Crippen LogP contribution in [0.1, 0.15) is 27.2 Å². The molecule has 4 nitrogen and oxygen atoms in total. The van der Waals surface area contributed by atoms with Crippen LogP contribution in [0.15, 0.2) is 0 Å². The quantitative estimate of drug-likeness (QED) is 0.497. The van der Waals surface area contributed by atoms with Crippen LogP contribution in [-0.4, -0.2) is 18.0 Å². The van der Waals surface area contributed by atoms with Crippen LogP contribution in [0.3, 0.4) is 0 Å². The van der Waals surface area contributed by atoms with Crippen LogP contribution in [0.2, 0.25) is 0 Å². The van der Waals surface area contributed by atoms with Crippen molar-refractivity contribution in [2.75, 3.05) is 0 Å². The largest absolute Gasteiger partial charge is 0.393 e. The van der Waals surface area contributed by atoms with Gasteiger partial charge in [-0.3, -0.25) is 9.59 Å². The molecule has 0 saturated heterocycles. The average molecular weight is 173 g/mol. The molecule has 0 radical (unpaired) electrons. The van der Waals surface area contributed by atoms with Crippen LogP contribution >= 0.6 is 0 Å². The van der Waals surface area contributed by atoms with E-state index in [1.807, 2.05) is 13.8 Å². The van der Waals surface area contributed by atoms with Gasteiger partial charge in [-0.05, 0) is 5.92 Å². The standard InChI is InChI=1S/C8H15NO3/c1-5(2)7(9)4-8(11)12-6(3)10/h5,7H,4,9H2,1-3H3/t7-/m0/s1. The van der Waals surface area contributed by atoms with E-state index in [1.54, 1.807) is 0 Å². The van der Waals surface area contributed by atoms with E-state index in [9.17, 15) is 9.59 Å². The molecule has 4 heteroatoms.